The fourth-order valence-corrected chi connectivity index (χ4v) is 2.63. The molecule has 0 spiro atoms. The largest absolute Gasteiger partial charge is 0.389 e. The molecule has 0 saturated heterocycles. The Morgan fingerprint density at radius 3 is 1.96 bits per heavy atom. The van der Waals surface area contributed by atoms with E-state index in [0.29, 0.717) is 13.0 Å². The van der Waals surface area contributed by atoms with Crippen LogP contribution in [0, 0.1) is 0 Å². The Bertz CT molecular complexity index is 742. The smallest absolute Gasteiger partial charge is 0.294 e. The fraction of sp³-hybridized carbons (Fsp3) is 0.294. The third kappa shape index (κ3) is 5.70. The van der Waals surface area contributed by atoms with E-state index in [0.717, 1.165) is 16.7 Å². The van der Waals surface area contributed by atoms with Gasteiger partial charge in [0, 0.05) is 6.54 Å². The molecule has 2 aromatic carbocycles. The van der Waals surface area contributed by atoms with E-state index in [9.17, 15) is 13.5 Å². The van der Waals surface area contributed by atoms with Crippen LogP contribution in [0.15, 0.2) is 53.4 Å². The Kier molecular flexibility index (Phi) is 6.47. The van der Waals surface area contributed by atoms with Crippen LogP contribution in [0.5, 0.6) is 0 Å². The van der Waals surface area contributed by atoms with Crippen LogP contribution < -0.4 is 5.73 Å². The van der Waals surface area contributed by atoms with E-state index in [1.807, 2.05) is 24.3 Å². The molecule has 7 heteroatoms. The standard InChI is InChI=1S/C17H21NO5S/c18-10-16(19)12-23-11-15-3-1-13(2-4-15)9-14-5-7-17(8-6-14)24(20,21)22/h1-8,16,19H,9-12,18H2,(H,20,21,22)/t16-/m1/s1. The van der Waals surface area contributed by atoms with Crippen molar-refractivity contribution in [2.75, 3.05) is 13.2 Å². The van der Waals surface area contributed by atoms with Gasteiger partial charge < -0.3 is 15.6 Å². The van der Waals surface area contributed by atoms with Gasteiger partial charge in [-0.05, 0) is 35.2 Å². The van der Waals surface area contributed by atoms with Crippen molar-refractivity contribution in [3.05, 3.63) is 65.2 Å². The summed E-state index contributed by atoms with van der Waals surface area (Å²) in [5.74, 6) is 0. The third-order valence-electron chi connectivity index (χ3n) is 3.50. The lowest BCUT2D eigenvalue weighted by Gasteiger charge is -2.09. The average molecular weight is 351 g/mol. The molecule has 130 valence electrons. The summed E-state index contributed by atoms with van der Waals surface area (Å²) in [4.78, 5) is -0.113. The van der Waals surface area contributed by atoms with E-state index in [4.69, 9.17) is 15.0 Å². The van der Waals surface area contributed by atoms with Crippen molar-refractivity contribution < 1.29 is 22.8 Å². The molecule has 4 N–H and O–H groups in total. The van der Waals surface area contributed by atoms with Gasteiger partial charge in [0.05, 0.1) is 24.2 Å². The molecule has 0 aromatic heterocycles. The van der Waals surface area contributed by atoms with E-state index in [1.165, 1.54) is 12.1 Å². The first-order chi connectivity index (χ1) is 11.4. The van der Waals surface area contributed by atoms with Crippen LogP contribution in [-0.4, -0.2) is 37.3 Å². The first-order valence-corrected chi connectivity index (χ1v) is 8.92. The molecule has 0 aliphatic carbocycles. The number of ether oxygens (including phenoxy) is 1. The molecule has 0 amide bonds. The van der Waals surface area contributed by atoms with Gasteiger partial charge in [0.1, 0.15) is 0 Å². The zero-order chi connectivity index (χ0) is 17.6. The zero-order valence-electron chi connectivity index (χ0n) is 13.1. The first-order valence-electron chi connectivity index (χ1n) is 7.48. The second-order valence-electron chi connectivity index (χ2n) is 5.52. The highest BCUT2D eigenvalue weighted by Gasteiger charge is 2.08. The minimum atomic E-state index is -4.15. The highest BCUT2D eigenvalue weighted by molar-refractivity contribution is 7.85. The van der Waals surface area contributed by atoms with Crippen molar-refractivity contribution in [2.45, 2.75) is 24.0 Å². The van der Waals surface area contributed by atoms with Gasteiger partial charge in [0.2, 0.25) is 0 Å². The van der Waals surface area contributed by atoms with Crippen molar-refractivity contribution in [2.24, 2.45) is 5.73 Å². The molecule has 2 aromatic rings. The van der Waals surface area contributed by atoms with Crippen LogP contribution in [0.1, 0.15) is 16.7 Å². The van der Waals surface area contributed by atoms with Gasteiger partial charge in [-0.1, -0.05) is 36.4 Å². The maximum absolute atomic E-state index is 11.0. The highest BCUT2D eigenvalue weighted by Crippen LogP contribution is 2.15. The van der Waals surface area contributed by atoms with Crippen molar-refractivity contribution in [3.8, 4) is 0 Å². The van der Waals surface area contributed by atoms with Gasteiger partial charge in [-0.2, -0.15) is 8.42 Å². The Balaban J connectivity index is 1.91. The van der Waals surface area contributed by atoms with E-state index in [1.54, 1.807) is 12.1 Å². The number of rotatable bonds is 8. The van der Waals surface area contributed by atoms with Gasteiger partial charge in [0.25, 0.3) is 10.1 Å². The molecule has 0 aliphatic rings. The van der Waals surface area contributed by atoms with Gasteiger partial charge in [-0.3, -0.25) is 4.55 Å². The lowest BCUT2D eigenvalue weighted by atomic mass is 10.0. The minimum absolute atomic E-state index is 0.113. The summed E-state index contributed by atoms with van der Waals surface area (Å²) in [5.41, 5.74) is 8.30. The van der Waals surface area contributed by atoms with Crippen LogP contribution in [0.3, 0.4) is 0 Å². The lowest BCUT2D eigenvalue weighted by molar-refractivity contribution is 0.0329. The molecule has 0 heterocycles. The predicted molar refractivity (Wildman–Crippen MR) is 90.2 cm³/mol. The van der Waals surface area contributed by atoms with Gasteiger partial charge in [-0.25, -0.2) is 0 Å². The normalized spacial score (nSPS) is 13.0. The van der Waals surface area contributed by atoms with Gasteiger partial charge >= 0.3 is 0 Å². The summed E-state index contributed by atoms with van der Waals surface area (Å²) in [6, 6.07) is 13.9. The summed E-state index contributed by atoms with van der Waals surface area (Å²) >= 11 is 0. The quantitative estimate of drug-likeness (QED) is 0.620. The average Bonchev–Trinajstić information content (AvgIpc) is 2.56. The van der Waals surface area contributed by atoms with Crippen molar-refractivity contribution in [1.29, 1.82) is 0 Å². The predicted octanol–water partition coefficient (Wildman–Crippen LogP) is 1.36. The van der Waals surface area contributed by atoms with Crippen LogP contribution in [0.4, 0.5) is 0 Å². The zero-order valence-corrected chi connectivity index (χ0v) is 13.9. The summed E-state index contributed by atoms with van der Waals surface area (Å²) in [5, 5.41) is 9.31. The van der Waals surface area contributed by atoms with E-state index in [2.05, 4.69) is 0 Å². The number of benzene rings is 2. The van der Waals surface area contributed by atoms with Crippen molar-refractivity contribution in [1.82, 2.24) is 0 Å². The molecule has 0 unspecified atom stereocenters. The Labute approximate surface area is 141 Å². The van der Waals surface area contributed by atoms with Gasteiger partial charge in [0.15, 0.2) is 0 Å². The second-order valence-corrected chi connectivity index (χ2v) is 6.94. The van der Waals surface area contributed by atoms with Gasteiger partial charge in [-0.15, -0.1) is 0 Å². The first kappa shape index (κ1) is 18.6. The van der Waals surface area contributed by atoms with E-state index < -0.39 is 16.2 Å². The topological polar surface area (TPSA) is 110 Å². The van der Waals surface area contributed by atoms with Crippen molar-refractivity contribution in [3.63, 3.8) is 0 Å². The fourth-order valence-electron chi connectivity index (χ4n) is 2.15. The lowest BCUT2D eigenvalue weighted by Crippen LogP contribution is -2.24. The van der Waals surface area contributed by atoms with Crippen LogP contribution >= 0.6 is 0 Å². The molecule has 0 radical (unpaired) electrons. The number of aliphatic hydroxyl groups excluding tert-OH is 1. The maximum Gasteiger partial charge on any atom is 0.294 e. The molecule has 1 atom stereocenters. The summed E-state index contributed by atoms with van der Waals surface area (Å²) in [6.07, 6.45) is 0.00803. The third-order valence-corrected chi connectivity index (χ3v) is 4.37. The minimum Gasteiger partial charge on any atom is -0.389 e. The molecular formula is C17H21NO5S. The summed E-state index contributed by atoms with van der Waals surface area (Å²) in [7, 11) is -4.15. The monoisotopic (exact) mass is 351 g/mol. The molecule has 2 rings (SSSR count). The SMILES string of the molecule is NC[C@@H](O)COCc1ccc(Cc2ccc(S(=O)(=O)O)cc2)cc1. The van der Waals surface area contributed by atoms with Crippen LogP contribution in [0.25, 0.3) is 0 Å². The van der Waals surface area contributed by atoms with E-state index >= 15 is 0 Å². The van der Waals surface area contributed by atoms with E-state index in [-0.39, 0.29) is 18.0 Å². The van der Waals surface area contributed by atoms with Crippen LogP contribution in [0.2, 0.25) is 0 Å². The molecule has 0 fully saturated rings. The Morgan fingerprint density at radius 1 is 0.958 bits per heavy atom. The molecule has 0 aliphatic heterocycles. The number of aliphatic hydroxyl groups is 1. The Hall–Kier alpha value is -1.77. The molecule has 24 heavy (non-hydrogen) atoms. The number of hydrogen-bond donors (Lipinski definition) is 3. The number of nitrogens with two attached hydrogens (primary N) is 1. The molecular weight excluding hydrogens is 330 g/mol. The second kappa shape index (κ2) is 8.36. The van der Waals surface area contributed by atoms with Crippen molar-refractivity contribution >= 4 is 10.1 Å². The highest BCUT2D eigenvalue weighted by atomic mass is 32.2. The molecule has 0 saturated carbocycles. The number of hydrogen-bond acceptors (Lipinski definition) is 5. The van der Waals surface area contributed by atoms with Crippen LogP contribution in [-0.2, 0) is 27.9 Å². The Morgan fingerprint density at radius 2 is 1.46 bits per heavy atom. The molecule has 0 bridgehead atoms. The molecule has 6 nitrogen and oxygen atoms in total. The maximum atomic E-state index is 11.0. The summed E-state index contributed by atoms with van der Waals surface area (Å²) < 4.78 is 36.3. The summed E-state index contributed by atoms with van der Waals surface area (Å²) in [6.45, 7) is 0.786.